The van der Waals surface area contributed by atoms with Gasteiger partial charge in [0.2, 0.25) is 0 Å². The summed E-state index contributed by atoms with van der Waals surface area (Å²) in [6.45, 7) is 0. The number of benzene rings is 8. The van der Waals surface area contributed by atoms with Crippen LogP contribution in [0.1, 0.15) is 0 Å². The molecule has 1 radical (unpaired) electrons. The summed E-state index contributed by atoms with van der Waals surface area (Å²) >= 11 is 3.48. The molecule has 2 nitrogen and oxygen atoms in total. The summed E-state index contributed by atoms with van der Waals surface area (Å²) in [6.07, 6.45) is 0. The fourth-order valence-electron chi connectivity index (χ4n) is 5.88. The van der Waals surface area contributed by atoms with Crippen molar-refractivity contribution in [2.24, 2.45) is 0 Å². The minimum absolute atomic E-state index is 0.610. The van der Waals surface area contributed by atoms with Gasteiger partial charge in [0.25, 0.3) is 0 Å². The van der Waals surface area contributed by atoms with Gasteiger partial charge >= 0.3 is 7.69 Å². The van der Waals surface area contributed by atoms with Crippen LogP contribution in [-0.4, -0.2) is 12.7 Å². The zero-order valence-corrected chi connectivity index (χ0v) is 27.7. The van der Waals surface area contributed by atoms with Gasteiger partial charge in [0.1, 0.15) is 5.75 Å². The Morgan fingerprint density at radius 2 is 0.667 bits per heavy atom. The molecule has 0 atom stereocenters. The first-order valence-electron chi connectivity index (χ1n) is 15.8. The number of hydrogen-bond donors (Lipinski definition) is 1. The molecule has 1 N–H and O–H groups in total. The molecule has 0 aliphatic heterocycles. The van der Waals surface area contributed by atoms with Gasteiger partial charge in [0.15, 0.2) is 0 Å². The molecule has 0 saturated carbocycles. The minimum atomic E-state index is 0.610. The largest absolute Gasteiger partial charge is 0.569 e. The second-order valence-corrected chi connectivity index (χ2v) is 12.4. The highest BCUT2D eigenvalue weighted by Crippen LogP contribution is 2.30. The molecule has 0 amide bonds. The predicted octanol–water partition coefficient (Wildman–Crippen LogP) is 12.0. The lowest BCUT2D eigenvalue weighted by molar-refractivity contribution is 0.454. The average Bonchev–Trinajstić information content (AvgIpc) is 3.16. The van der Waals surface area contributed by atoms with Gasteiger partial charge in [-0.3, -0.25) is 0 Å². The molecule has 4 heteroatoms. The Bertz CT molecular complexity index is 2280. The van der Waals surface area contributed by atoms with Crippen molar-refractivity contribution in [1.82, 2.24) is 0 Å². The summed E-state index contributed by atoms with van der Waals surface area (Å²) in [5, 5.41) is 13.7. The molecule has 0 aromatic heterocycles. The van der Waals surface area contributed by atoms with Crippen LogP contribution >= 0.6 is 15.9 Å². The van der Waals surface area contributed by atoms with E-state index in [1.807, 2.05) is 24.3 Å². The SMILES string of the molecule is Brc1ccc(-c2ccc(-c3ccc4ccccc4c3)cc2)cc1.O[B]Oc1ccc(-c2ccc(-c3ccc4ccccc4c3)cc2)cc1. The first-order valence-corrected chi connectivity index (χ1v) is 16.6. The molecule has 0 unspecified atom stereocenters. The first-order chi connectivity index (χ1) is 23.6. The monoisotopic (exact) mass is 681 g/mol. The van der Waals surface area contributed by atoms with Gasteiger partial charge in [0.05, 0.1) is 0 Å². The van der Waals surface area contributed by atoms with Crippen LogP contribution in [0.25, 0.3) is 66.1 Å². The van der Waals surface area contributed by atoms with Crippen molar-refractivity contribution in [2.45, 2.75) is 0 Å². The van der Waals surface area contributed by atoms with E-state index in [4.69, 9.17) is 9.68 Å². The summed E-state index contributed by atoms with van der Waals surface area (Å²) in [5.41, 5.74) is 9.64. The van der Waals surface area contributed by atoms with Crippen molar-refractivity contribution < 1.29 is 9.68 Å². The summed E-state index contributed by atoms with van der Waals surface area (Å²) < 4.78 is 6.04. The van der Waals surface area contributed by atoms with Gasteiger partial charge in [-0.25, -0.2) is 0 Å². The van der Waals surface area contributed by atoms with Gasteiger partial charge < -0.3 is 9.68 Å². The quantitative estimate of drug-likeness (QED) is 0.177. The molecule has 8 aromatic carbocycles. The molecule has 48 heavy (non-hydrogen) atoms. The molecular weight excluding hydrogens is 651 g/mol. The molecule has 0 heterocycles. The third kappa shape index (κ3) is 7.26. The Labute approximate surface area is 290 Å². The normalized spacial score (nSPS) is 10.7. The second-order valence-electron chi connectivity index (χ2n) is 11.5. The van der Waals surface area contributed by atoms with Gasteiger partial charge in [-0.1, -0.05) is 162 Å². The highest BCUT2D eigenvalue weighted by Gasteiger charge is 2.04. The minimum Gasteiger partial charge on any atom is -0.537 e. The van der Waals surface area contributed by atoms with Crippen LogP contribution in [0.4, 0.5) is 0 Å². The Morgan fingerprint density at radius 1 is 0.354 bits per heavy atom. The zero-order valence-electron chi connectivity index (χ0n) is 26.1. The molecular formula is C44H31BBrO2. The van der Waals surface area contributed by atoms with E-state index in [-0.39, 0.29) is 0 Å². The van der Waals surface area contributed by atoms with Crippen LogP contribution in [0.15, 0.2) is 186 Å². The predicted molar refractivity (Wildman–Crippen MR) is 206 cm³/mol. The molecule has 0 bridgehead atoms. The number of halogens is 1. The van der Waals surface area contributed by atoms with Crippen molar-refractivity contribution in [3.05, 3.63) is 186 Å². The zero-order chi connectivity index (χ0) is 32.7. The molecule has 0 fully saturated rings. The van der Waals surface area contributed by atoms with E-state index in [0.29, 0.717) is 13.4 Å². The third-order valence-electron chi connectivity index (χ3n) is 8.49. The summed E-state index contributed by atoms with van der Waals surface area (Å²) in [7, 11) is 0.688. The van der Waals surface area contributed by atoms with Crippen molar-refractivity contribution in [2.75, 3.05) is 0 Å². The van der Waals surface area contributed by atoms with E-state index in [2.05, 4.69) is 174 Å². The van der Waals surface area contributed by atoms with Gasteiger partial charge in [-0.2, -0.15) is 0 Å². The molecule has 0 saturated heterocycles. The topological polar surface area (TPSA) is 29.5 Å². The maximum atomic E-state index is 8.66. The number of hydrogen-bond acceptors (Lipinski definition) is 2. The molecule has 8 rings (SSSR count). The maximum Gasteiger partial charge on any atom is 0.569 e. The number of fused-ring (bicyclic) bond motifs is 2. The Kier molecular flexibility index (Phi) is 9.46. The van der Waals surface area contributed by atoms with Crippen molar-refractivity contribution >= 4 is 45.2 Å². The molecule has 229 valence electrons. The fourth-order valence-corrected chi connectivity index (χ4v) is 6.14. The van der Waals surface area contributed by atoms with Crippen molar-refractivity contribution in [1.29, 1.82) is 0 Å². The lowest BCUT2D eigenvalue weighted by Gasteiger charge is -2.07. The molecule has 0 spiro atoms. The standard InChI is InChI=1S/C22H16BO2.C22H15Br/c24-23-25-22-13-11-18(12-14-22)17-5-7-19(8-6-17)21-10-9-16-3-1-2-4-20(16)15-21;23-22-13-11-18(12-14-22)17-5-7-19(8-6-17)21-10-9-16-3-1-2-4-20(16)15-21/h1-15,24H;1-15H. The average molecular weight is 682 g/mol. The smallest absolute Gasteiger partial charge is 0.537 e. The van der Waals surface area contributed by atoms with E-state index in [0.717, 1.165) is 15.6 Å². The second kappa shape index (κ2) is 14.6. The van der Waals surface area contributed by atoms with E-state index in [1.54, 1.807) is 0 Å². The first kappa shape index (κ1) is 31.2. The lowest BCUT2D eigenvalue weighted by atomic mass is 9.98. The van der Waals surface area contributed by atoms with Gasteiger partial charge in [-0.15, -0.1) is 0 Å². The summed E-state index contributed by atoms with van der Waals surface area (Å²) in [5.74, 6) is 0.610. The van der Waals surface area contributed by atoms with Crippen molar-refractivity contribution in [3.8, 4) is 50.3 Å². The molecule has 0 aliphatic carbocycles. The van der Waals surface area contributed by atoms with Crippen LogP contribution in [0.3, 0.4) is 0 Å². The summed E-state index contributed by atoms with van der Waals surface area (Å²) in [6, 6.07) is 63.4. The summed E-state index contributed by atoms with van der Waals surface area (Å²) in [4.78, 5) is 0. The highest BCUT2D eigenvalue weighted by atomic mass is 79.9. The highest BCUT2D eigenvalue weighted by molar-refractivity contribution is 9.10. The van der Waals surface area contributed by atoms with Crippen LogP contribution in [-0.2, 0) is 0 Å². The van der Waals surface area contributed by atoms with E-state index < -0.39 is 0 Å². The van der Waals surface area contributed by atoms with E-state index >= 15 is 0 Å². The van der Waals surface area contributed by atoms with Crippen molar-refractivity contribution in [3.63, 3.8) is 0 Å². The van der Waals surface area contributed by atoms with Crippen LogP contribution in [0.5, 0.6) is 5.75 Å². The van der Waals surface area contributed by atoms with Crippen LogP contribution in [0.2, 0.25) is 0 Å². The Hall–Kier alpha value is -5.42. The van der Waals surface area contributed by atoms with Gasteiger partial charge in [-0.05, 0) is 102 Å². The Balaban J connectivity index is 0.000000152. The Morgan fingerprint density at radius 3 is 1.06 bits per heavy atom. The molecule has 0 aliphatic rings. The fraction of sp³-hybridized carbons (Fsp3) is 0. The van der Waals surface area contributed by atoms with Crippen LogP contribution in [0, 0.1) is 0 Å². The van der Waals surface area contributed by atoms with Gasteiger partial charge in [0, 0.05) is 4.47 Å². The van der Waals surface area contributed by atoms with E-state index in [1.165, 1.54) is 54.9 Å². The van der Waals surface area contributed by atoms with Crippen LogP contribution < -0.4 is 4.65 Å². The lowest BCUT2D eigenvalue weighted by Crippen LogP contribution is -1.99. The third-order valence-corrected chi connectivity index (χ3v) is 9.02. The molecule has 8 aromatic rings. The van der Waals surface area contributed by atoms with E-state index in [9.17, 15) is 0 Å². The number of rotatable bonds is 6. The maximum absolute atomic E-state index is 8.66.